The zero-order valence-corrected chi connectivity index (χ0v) is 13.4. The Bertz CT molecular complexity index is 770. The van der Waals surface area contributed by atoms with Gasteiger partial charge in [-0.15, -0.1) is 0 Å². The fourth-order valence-electron chi connectivity index (χ4n) is 1.94. The number of aliphatic hydroxyl groups is 1. The first-order valence-electron chi connectivity index (χ1n) is 7.29. The molecule has 1 atom stereocenters. The molecule has 0 radical (unpaired) electrons. The van der Waals surface area contributed by atoms with Gasteiger partial charge in [0.1, 0.15) is 30.8 Å². The number of ether oxygens (including phenoxy) is 3. The normalized spacial score (nSPS) is 11.2. The molecule has 0 heterocycles. The van der Waals surface area contributed by atoms with Gasteiger partial charge < -0.3 is 19.3 Å². The fourth-order valence-corrected chi connectivity index (χ4v) is 1.94. The molecule has 2 aromatic rings. The zero-order chi connectivity index (χ0) is 18.2. The number of methoxy groups -OCH3 is 1. The van der Waals surface area contributed by atoms with Gasteiger partial charge in [0.05, 0.1) is 29.7 Å². The third-order valence-electron chi connectivity index (χ3n) is 3.22. The van der Waals surface area contributed by atoms with Crippen molar-refractivity contribution in [3.63, 3.8) is 0 Å². The summed E-state index contributed by atoms with van der Waals surface area (Å²) >= 11 is 0. The maximum absolute atomic E-state index is 11.1. The number of nitrogens with zero attached hydrogens (tertiary/aromatic N) is 2. The summed E-state index contributed by atoms with van der Waals surface area (Å²) in [5.41, 5.74) is 0.252. The molecule has 0 bridgehead atoms. The molecule has 1 N–H and O–H groups in total. The van der Waals surface area contributed by atoms with Crippen molar-refractivity contribution in [1.29, 1.82) is 5.26 Å². The number of nitro benzene ring substituents is 1. The highest BCUT2D eigenvalue weighted by Gasteiger charge is 2.18. The quantitative estimate of drug-likeness (QED) is 0.577. The number of aliphatic hydroxyl groups excluding tert-OH is 1. The third-order valence-corrected chi connectivity index (χ3v) is 3.22. The van der Waals surface area contributed by atoms with Gasteiger partial charge in [-0.2, -0.15) is 5.26 Å². The minimum absolute atomic E-state index is 0.0308. The summed E-state index contributed by atoms with van der Waals surface area (Å²) < 4.78 is 15.6. The molecule has 0 aliphatic heterocycles. The summed E-state index contributed by atoms with van der Waals surface area (Å²) in [4.78, 5) is 10.5. The van der Waals surface area contributed by atoms with Crippen LogP contribution < -0.4 is 14.2 Å². The van der Waals surface area contributed by atoms with Gasteiger partial charge in [0, 0.05) is 0 Å². The number of benzene rings is 2. The Hall–Kier alpha value is -3.31. The average Bonchev–Trinajstić information content (AvgIpc) is 2.64. The van der Waals surface area contributed by atoms with E-state index >= 15 is 0 Å². The van der Waals surface area contributed by atoms with Crippen molar-refractivity contribution in [3.05, 3.63) is 58.1 Å². The molecule has 0 aliphatic rings. The number of rotatable bonds is 8. The first-order valence-corrected chi connectivity index (χ1v) is 7.29. The molecule has 0 saturated heterocycles. The summed E-state index contributed by atoms with van der Waals surface area (Å²) in [7, 11) is 1.41. The fraction of sp³-hybridized carbons (Fsp3) is 0.235. The molecule has 0 amide bonds. The van der Waals surface area contributed by atoms with Crippen LogP contribution in [0.4, 0.5) is 5.69 Å². The Balaban J connectivity index is 1.90. The van der Waals surface area contributed by atoms with Crippen LogP contribution in [0.3, 0.4) is 0 Å². The molecule has 25 heavy (non-hydrogen) atoms. The van der Waals surface area contributed by atoms with Crippen molar-refractivity contribution in [1.82, 2.24) is 0 Å². The van der Waals surface area contributed by atoms with Crippen LogP contribution in [-0.2, 0) is 0 Å². The smallest absolute Gasteiger partial charge is 0.314 e. The second-order valence-electron chi connectivity index (χ2n) is 5.00. The molecule has 0 fully saturated rings. The highest BCUT2D eigenvalue weighted by molar-refractivity contribution is 5.50. The minimum Gasteiger partial charge on any atom is -0.496 e. The van der Waals surface area contributed by atoms with E-state index in [1.165, 1.54) is 25.3 Å². The average molecular weight is 344 g/mol. The van der Waals surface area contributed by atoms with E-state index < -0.39 is 11.0 Å². The van der Waals surface area contributed by atoms with E-state index in [2.05, 4.69) is 0 Å². The topological polar surface area (TPSA) is 115 Å². The van der Waals surface area contributed by atoms with Gasteiger partial charge in [-0.1, -0.05) is 0 Å². The maximum atomic E-state index is 11.1. The van der Waals surface area contributed by atoms with Crippen LogP contribution in [-0.4, -0.2) is 36.5 Å². The standard InChI is InChI=1S/C17H16N2O6/c1-23-15-6-7-17(16(8-15)19(21)22)25-11-13(20)10-24-14-4-2-12(9-18)3-5-14/h2-8,13,20H,10-11H2,1H3. The molecule has 8 nitrogen and oxygen atoms in total. The number of nitro groups is 1. The number of nitriles is 1. The zero-order valence-electron chi connectivity index (χ0n) is 13.4. The molecule has 0 aromatic heterocycles. The van der Waals surface area contributed by atoms with Crippen molar-refractivity contribution >= 4 is 5.69 Å². The molecular formula is C17H16N2O6. The largest absolute Gasteiger partial charge is 0.496 e. The molecule has 8 heteroatoms. The third kappa shape index (κ3) is 5.09. The summed E-state index contributed by atoms with van der Waals surface area (Å²) in [6, 6.07) is 12.6. The van der Waals surface area contributed by atoms with Crippen LogP contribution in [0.2, 0.25) is 0 Å². The van der Waals surface area contributed by atoms with Crippen LogP contribution >= 0.6 is 0 Å². The highest BCUT2D eigenvalue weighted by atomic mass is 16.6. The Morgan fingerprint density at radius 2 is 1.80 bits per heavy atom. The summed E-state index contributed by atoms with van der Waals surface area (Å²) in [6.07, 6.45) is -0.989. The molecule has 0 spiro atoms. The van der Waals surface area contributed by atoms with E-state index in [1.807, 2.05) is 6.07 Å². The molecule has 0 saturated carbocycles. The lowest BCUT2D eigenvalue weighted by Crippen LogP contribution is -2.25. The predicted molar refractivity (Wildman–Crippen MR) is 87.8 cm³/mol. The van der Waals surface area contributed by atoms with Gasteiger partial charge in [0.2, 0.25) is 0 Å². The predicted octanol–water partition coefficient (Wildman–Crippen LogP) is 2.29. The van der Waals surface area contributed by atoms with Crippen LogP contribution in [0.1, 0.15) is 5.56 Å². The number of hydrogen-bond donors (Lipinski definition) is 1. The molecule has 2 aromatic carbocycles. The minimum atomic E-state index is -0.989. The van der Waals surface area contributed by atoms with Crippen LogP contribution in [0.15, 0.2) is 42.5 Å². The van der Waals surface area contributed by atoms with Gasteiger partial charge in [0.15, 0.2) is 5.75 Å². The monoisotopic (exact) mass is 344 g/mol. The summed E-state index contributed by atoms with van der Waals surface area (Å²) in [5.74, 6) is 0.862. The Labute approximate surface area is 143 Å². The summed E-state index contributed by atoms with van der Waals surface area (Å²) in [6.45, 7) is -0.237. The van der Waals surface area contributed by atoms with E-state index in [0.29, 0.717) is 17.1 Å². The van der Waals surface area contributed by atoms with E-state index in [1.54, 1.807) is 24.3 Å². The molecule has 1 unspecified atom stereocenters. The lowest BCUT2D eigenvalue weighted by molar-refractivity contribution is -0.386. The van der Waals surface area contributed by atoms with Crippen LogP contribution in [0.5, 0.6) is 17.2 Å². The van der Waals surface area contributed by atoms with Crippen molar-refractivity contribution in [2.75, 3.05) is 20.3 Å². The van der Waals surface area contributed by atoms with E-state index in [0.717, 1.165) is 0 Å². The van der Waals surface area contributed by atoms with Gasteiger partial charge in [-0.05, 0) is 36.4 Å². The molecule has 130 valence electrons. The van der Waals surface area contributed by atoms with Gasteiger partial charge in [0.25, 0.3) is 0 Å². The van der Waals surface area contributed by atoms with Gasteiger partial charge in [-0.3, -0.25) is 10.1 Å². The van der Waals surface area contributed by atoms with Crippen LogP contribution in [0.25, 0.3) is 0 Å². The first-order chi connectivity index (χ1) is 12.0. The highest BCUT2D eigenvalue weighted by Crippen LogP contribution is 2.31. The van der Waals surface area contributed by atoms with Gasteiger partial charge >= 0.3 is 5.69 Å². The Morgan fingerprint density at radius 3 is 2.40 bits per heavy atom. The lowest BCUT2D eigenvalue weighted by Gasteiger charge is -2.14. The van der Waals surface area contributed by atoms with Gasteiger partial charge in [-0.25, -0.2) is 0 Å². The maximum Gasteiger partial charge on any atom is 0.314 e. The second kappa shape index (κ2) is 8.52. The van der Waals surface area contributed by atoms with Crippen molar-refractivity contribution in [3.8, 4) is 23.3 Å². The van der Waals surface area contributed by atoms with Crippen molar-refractivity contribution < 1.29 is 24.2 Å². The second-order valence-corrected chi connectivity index (χ2v) is 5.00. The van der Waals surface area contributed by atoms with E-state index in [9.17, 15) is 15.2 Å². The lowest BCUT2D eigenvalue weighted by atomic mass is 10.2. The molecular weight excluding hydrogens is 328 g/mol. The van der Waals surface area contributed by atoms with Crippen LogP contribution in [0, 0.1) is 21.4 Å². The summed E-state index contributed by atoms with van der Waals surface area (Å²) in [5, 5.41) is 29.7. The number of hydrogen-bond acceptors (Lipinski definition) is 7. The Morgan fingerprint density at radius 1 is 1.16 bits per heavy atom. The molecule has 0 aliphatic carbocycles. The first kappa shape index (κ1) is 18.0. The molecule has 2 rings (SSSR count). The van der Waals surface area contributed by atoms with Crippen molar-refractivity contribution in [2.45, 2.75) is 6.10 Å². The SMILES string of the molecule is COc1ccc(OCC(O)COc2ccc(C#N)cc2)c([N+](=O)[O-])c1. The van der Waals surface area contributed by atoms with Crippen molar-refractivity contribution in [2.24, 2.45) is 0 Å². The Kier molecular flexibility index (Phi) is 6.14. The van der Waals surface area contributed by atoms with E-state index in [4.69, 9.17) is 19.5 Å². The van der Waals surface area contributed by atoms with E-state index in [-0.39, 0.29) is 24.7 Å².